The lowest BCUT2D eigenvalue weighted by molar-refractivity contribution is -0.141. The van der Waals surface area contributed by atoms with Gasteiger partial charge in [-0.1, -0.05) is 12.1 Å². The average Bonchev–Trinajstić information content (AvgIpc) is 2.27. The Morgan fingerprint density at radius 2 is 2.00 bits per heavy atom. The highest BCUT2D eigenvalue weighted by Gasteiger charge is 2.36. The normalized spacial score (nSPS) is 11.9. The van der Waals surface area contributed by atoms with Crippen molar-refractivity contribution in [2.75, 3.05) is 5.43 Å². The van der Waals surface area contributed by atoms with Crippen LogP contribution in [0.2, 0.25) is 0 Å². The van der Waals surface area contributed by atoms with E-state index in [9.17, 15) is 13.2 Å². The maximum absolute atomic E-state index is 12.9. The summed E-state index contributed by atoms with van der Waals surface area (Å²) in [5.41, 5.74) is 1.82. The maximum Gasteiger partial charge on any atom is 0.433 e. The second-order valence-corrected chi connectivity index (χ2v) is 4.59. The molecule has 0 radical (unpaired) electrons. The highest BCUT2D eigenvalue weighted by atomic mass is 79.9. The number of nitrogens with two attached hydrogens (primary N) is 1. The standard InChI is InChI=1S/C11H9BrF3N3/c1-5-8(18-16)6-3-2-4-7(12)9(6)17-10(5)11(13,14)15/h2-4H,16H2,1H3,(H,17,18). The fourth-order valence-electron chi connectivity index (χ4n) is 1.81. The SMILES string of the molecule is Cc1c(C(F)(F)F)nc2c(Br)cccc2c1NN. The summed E-state index contributed by atoms with van der Waals surface area (Å²) in [4.78, 5) is 3.69. The zero-order valence-electron chi connectivity index (χ0n) is 9.27. The first-order chi connectivity index (χ1) is 8.36. The minimum Gasteiger partial charge on any atom is -0.323 e. The molecule has 0 atom stereocenters. The van der Waals surface area contributed by atoms with Crippen LogP contribution in [0.25, 0.3) is 10.9 Å². The number of halogens is 4. The van der Waals surface area contributed by atoms with Crippen molar-refractivity contribution in [3.05, 3.63) is 33.9 Å². The average molecular weight is 320 g/mol. The Bertz CT molecular complexity index is 610. The summed E-state index contributed by atoms with van der Waals surface area (Å²) in [5, 5.41) is 0.539. The summed E-state index contributed by atoms with van der Waals surface area (Å²) in [6.45, 7) is 1.34. The van der Waals surface area contributed by atoms with Crippen molar-refractivity contribution < 1.29 is 13.2 Å². The molecular weight excluding hydrogens is 311 g/mol. The second-order valence-electron chi connectivity index (χ2n) is 3.74. The van der Waals surface area contributed by atoms with Crippen molar-refractivity contribution in [1.82, 2.24) is 4.98 Å². The quantitative estimate of drug-likeness (QED) is 0.623. The summed E-state index contributed by atoms with van der Waals surface area (Å²) in [7, 11) is 0. The lowest BCUT2D eigenvalue weighted by Gasteiger charge is -2.16. The molecule has 0 amide bonds. The van der Waals surface area contributed by atoms with Gasteiger partial charge in [-0.3, -0.25) is 5.84 Å². The Morgan fingerprint density at radius 1 is 1.33 bits per heavy atom. The number of nitrogens with one attached hydrogen (secondary N) is 1. The summed E-state index contributed by atoms with van der Waals surface area (Å²) in [6.07, 6.45) is -4.51. The molecule has 2 rings (SSSR count). The van der Waals surface area contributed by atoms with Gasteiger partial charge in [0.15, 0.2) is 0 Å². The van der Waals surface area contributed by atoms with Crippen molar-refractivity contribution in [1.29, 1.82) is 0 Å². The number of hydrogen-bond acceptors (Lipinski definition) is 3. The first-order valence-corrected chi connectivity index (χ1v) is 5.78. The summed E-state index contributed by atoms with van der Waals surface area (Å²) in [5.74, 6) is 5.32. The molecule has 1 heterocycles. The van der Waals surface area contributed by atoms with Crippen molar-refractivity contribution in [2.45, 2.75) is 13.1 Å². The molecule has 3 N–H and O–H groups in total. The van der Waals surface area contributed by atoms with E-state index in [1.54, 1.807) is 18.2 Å². The number of hydrazine groups is 1. The van der Waals surface area contributed by atoms with Gasteiger partial charge in [-0.05, 0) is 28.9 Å². The maximum atomic E-state index is 12.9. The highest BCUT2D eigenvalue weighted by molar-refractivity contribution is 9.10. The summed E-state index contributed by atoms with van der Waals surface area (Å²) < 4.78 is 39.1. The monoisotopic (exact) mass is 319 g/mol. The number of aromatic nitrogens is 1. The molecule has 1 aromatic carbocycles. The lowest BCUT2D eigenvalue weighted by Crippen LogP contribution is -2.16. The van der Waals surface area contributed by atoms with Gasteiger partial charge in [0.1, 0.15) is 5.69 Å². The molecule has 0 bridgehead atoms. The van der Waals surface area contributed by atoms with Gasteiger partial charge in [0.2, 0.25) is 0 Å². The molecule has 18 heavy (non-hydrogen) atoms. The van der Waals surface area contributed by atoms with E-state index in [4.69, 9.17) is 5.84 Å². The van der Waals surface area contributed by atoms with Crippen LogP contribution in [-0.2, 0) is 6.18 Å². The Balaban J connectivity index is 2.92. The van der Waals surface area contributed by atoms with Gasteiger partial charge in [-0.2, -0.15) is 13.2 Å². The van der Waals surface area contributed by atoms with Crippen LogP contribution in [0.4, 0.5) is 18.9 Å². The zero-order valence-corrected chi connectivity index (χ0v) is 10.9. The van der Waals surface area contributed by atoms with E-state index in [1.807, 2.05) is 0 Å². The minimum absolute atomic E-state index is 0.0180. The number of alkyl halides is 3. The van der Waals surface area contributed by atoms with E-state index in [1.165, 1.54) is 6.92 Å². The van der Waals surface area contributed by atoms with Crippen molar-refractivity contribution in [3.8, 4) is 0 Å². The van der Waals surface area contributed by atoms with E-state index in [-0.39, 0.29) is 16.8 Å². The Kier molecular flexibility index (Phi) is 3.20. The molecule has 96 valence electrons. The van der Waals surface area contributed by atoms with Crippen LogP contribution in [0.1, 0.15) is 11.3 Å². The predicted octanol–water partition coefficient (Wildman–Crippen LogP) is 3.61. The van der Waals surface area contributed by atoms with Crippen molar-refractivity contribution in [3.63, 3.8) is 0 Å². The van der Waals surface area contributed by atoms with E-state index < -0.39 is 11.9 Å². The smallest absolute Gasteiger partial charge is 0.323 e. The predicted molar refractivity (Wildman–Crippen MR) is 67.0 cm³/mol. The molecule has 1 aromatic heterocycles. The Labute approximate surface area is 109 Å². The third-order valence-corrected chi connectivity index (χ3v) is 3.26. The van der Waals surface area contributed by atoms with Gasteiger partial charge in [-0.25, -0.2) is 4.98 Å². The fourth-order valence-corrected chi connectivity index (χ4v) is 2.26. The first kappa shape index (κ1) is 13.1. The topological polar surface area (TPSA) is 50.9 Å². The molecule has 0 aliphatic heterocycles. The molecule has 2 aromatic rings. The molecule has 0 unspecified atom stereocenters. The van der Waals surface area contributed by atoms with E-state index in [2.05, 4.69) is 26.3 Å². The molecule has 0 saturated carbocycles. The van der Waals surface area contributed by atoms with Gasteiger partial charge in [0.25, 0.3) is 0 Å². The van der Waals surface area contributed by atoms with Crippen molar-refractivity contribution >= 4 is 32.5 Å². The van der Waals surface area contributed by atoms with E-state index >= 15 is 0 Å². The Hall–Kier alpha value is -1.34. The van der Waals surface area contributed by atoms with Gasteiger partial charge >= 0.3 is 6.18 Å². The van der Waals surface area contributed by atoms with Crippen LogP contribution in [-0.4, -0.2) is 4.98 Å². The number of nitrogen functional groups attached to an aromatic ring is 1. The summed E-state index contributed by atoms with van der Waals surface area (Å²) >= 11 is 3.19. The number of fused-ring (bicyclic) bond motifs is 1. The molecule has 0 fully saturated rings. The van der Waals surface area contributed by atoms with Crippen LogP contribution < -0.4 is 11.3 Å². The number of benzene rings is 1. The third kappa shape index (κ3) is 2.04. The van der Waals surface area contributed by atoms with Crippen molar-refractivity contribution in [2.24, 2.45) is 5.84 Å². The highest BCUT2D eigenvalue weighted by Crippen LogP contribution is 2.38. The van der Waals surface area contributed by atoms with Crippen LogP contribution >= 0.6 is 15.9 Å². The number of nitrogens with zero attached hydrogens (tertiary/aromatic N) is 1. The summed E-state index contributed by atoms with van der Waals surface area (Å²) in [6, 6.07) is 5.00. The van der Waals surface area contributed by atoms with Crippen LogP contribution in [0.3, 0.4) is 0 Å². The largest absolute Gasteiger partial charge is 0.433 e. The fraction of sp³-hybridized carbons (Fsp3) is 0.182. The molecule has 3 nitrogen and oxygen atoms in total. The molecule has 0 aliphatic carbocycles. The zero-order chi connectivity index (χ0) is 13.5. The van der Waals surface area contributed by atoms with Crippen LogP contribution in [0.5, 0.6) is 0 Å². The van der Waals surface area contributed by atoms with Crippen LogP contribution in [0, 0.1) is 6.92 Å². The molecule has 0 saturated heterocycles. The second kappa shape index (κ2) is 4.40. The molecule has 0 spiro atoms. The third-order valence-electron chi connectivity index (χ3n) is 2.62. The number of rotatable bonds is 1. The first-order valence-electron chi connectivity index (χ1n) is 4.99. The van der Waals surface area contributed by atoms with Crippen LogP contribution in [0.15, 0.2) is 22.7 Å². The number of pyridine rings is 1. The van der Waals surface area contributed by atoms with Gasteiger partial charge in [0.05, 0.1) is 11.2 Å². The Morgan fingerprint density at radius 3 is 2.56 bits per heavy atom. The minimum atomic E-state index is -4.51. The molecule has 0 aliphatic rings. The number of para-hydroxylation sites is 1. The van der Waals surface area contributed by atoms with E-state index in [0.29, 0.717) is 9.86 Å². The van der Waals surface area contributed by atoms with Gasteiger partial charge < -0.3 is 5.43 Å². The van der Waals surface area contributed by atoms with Gasteiger partial charge in [0, 0.05) is 15.4 Å². The van der Waals surface area contributed by atoms with Gasteiger partial charge in [-0.15, -0.1) is 0 Å². The molecule has 7 heteroatoms. The number of anilines is 1. The molecular formula is C11H9BrF3N3. The lowest BCUT2D eigenvalue weighted by atomic mass is 10.1. The van der Waals surface area contributed by atoms with E-state index in [0.717, 1.165) is 0 Å². The number of hydrogen-bond donors (Lipinski definition) is 2.